The highest BCUT2D eigenvalue weighted by molar-refractivity contribution is 5.19. The van der Waals surface area contributed by atoms with Crippen LogP contribution in [0.1, 0.15) is 31.7 Å². The summed E-state index contributed by atoms with van der Waals surface area (Å²) >= 11 is 0. The van der Waals surface area contributed by atoms with Crippen LogP contribution in [0.15, 0.2) is 18.2 Å². The van der Waals surface area contributed by atoms with Crippen molar-refractivity contribution >= 4 is 0 Å². The lowest BCUT2D eigenvalue weighted by molar-refractivity contribution is -0.0777. The molecule has 0 bridgehead atoms. The topological polar surface area (TPSA) is 26.7 Å². The van der Waals surface area contributed by atoms with E-state index in [1.807, 2.05) is 6.92 Å². The average molecular weight is 310 g/mol. The summed E-state index contributed by atoms with van der Waals surface area (Å²) in [4.78, 5) is 4.47. The third kappa shape index (κ3) is 3.31. The van der Waals surface area contributed by atoms with Crippen molar-refractivity contribution in [2.24, 2.45) is 0 Å². The number of benzene rings is 1. The third-order valence-corrected chi connectivity index (χ3v) is 5.07. The number of rotatable bonds is 3. The van der Waals surface area contributed by atoms with Gasteiger partial charge in [-0.05, 0) is 57.5 Å². The van der Waals surface area contributed by atoms with Gasteiger partial charge in [0.1, 0.15) is 11.6 Å². The summed E-state index contributed by atoms with van der Waals surface area (Å²) in [5, 5.41) is 10.7. The molecular weight excluding hydrogens is 286 g/mol. The monoisotopic (exact) mass is 310 g/mol. The van der Waals surface area contributed by atoms with Gasteiger partial charge in [-0.1, -0.05) is 0 Å². The second-order valence-corrected chi connectivity index (χ2v) is 6.84. The Labute approximate surface area is 130 Å². The molecule has 0 spiro atoms. The van der Waals surface area contributed by atoms with Gasteiger partial charge < -0.3 is 5.11 Å². The molecule has 1 N–H and O–H groups in total. The van der Waals surface area contributed by atoms with E-state index in [2.05, 4.69) is 9.80 Å². The van der Waals surface area contributed by atoms with E-state index in [1.54, 1.807) is 0 Å². The molecule has 122 valence electrons. The molecule has 22 heavy (non-hydrogen) atoms. The first kappa shape index (κ1) is 15.8. The van der Waals surface area contributed by atoms with Crippen LogP contribution >= 0.6 is 0 Å². The highest BCUT2D eigenvalue weighted by Gasteiger charge is 2.41. The molecule has 3 rings (SSSR count). The van der Waals surface area contributed by atoms with E-state index >= 15 is 0 Å². The SMILES string of the molecule is C[C@@]1(O)CCN(Cc2cc(F)ccc2F)C[C@H]1N1CCCC1. The van der Waals surface area contributed by atoms with Gasteiger partial charge in [0.25, 0.3) is 0 Å². The van der Waals surface area contributed by atoms with Gasteiger partial charge in [-0.15, -0.1) is 0 Å². The zero-order valence-electron chi connectivity index (χ0n) is 13.1. The predicted octanol–water partition coefficient (Wildman–Crippen LogP) is 2.39. The van der Waals surface area contributed by atoms with Crippen molar-refractivity contribution in [2.45, 2.75) is 44.4 Å². The molecule has 0 aromatic heterocycles. The van der Waals surface area contributed by atoms with Gasteiger partial charge in [0, 0.05) is 25.2 Å². The Hall–Kier alpha value is -1.04. The fourth-order valence-electron chi connectivity index (χ4n) is 3.69. The van der Waals surface area contributed by atoms with E-state index in [4.69, 9.17) is 0 Å². The molecule has 2 atom stereocenters. The maximum absolute atomic E-state index is 13.8. The van der Waals surface area contributed by atoms with E-state index in [-0.39, 0.29) is 11.9 Å². The summed E-state index contributed by atoms with van der Waals surface area (Å²) in [6, 6.07) is 3.67. The molecule has 0 radical (unpaired) electrons. The number of piperidine rings is 1. The normalized spacial score (nSPS) is 30.8. The van der Waals surface area contributed by atoms with Crippen molar-refractivity contribution in [1.82, 2.24) is 9.80 Å². The minimum absolute atomic E-state index is 0.0698. The first-order valence-electron chi connectivity index (χ1n) is 8.08. The maximum atomic E-state index is 13.8. The van der Waals surface area contributed by atoms with Crippen LogP contribution in [0.2, 0.25) is 0 Å². The number of aliphatic hydroxyl groups is 1. The number of hydrogen-bond donors (Lipinski definition) is 1. The van der Waals surface area contributed by atoms with Crippen LogP contribution in [-0.4, -0.2) is 52.7 Å². The standard InChI is InChI=1S/C17H24F2N2O/c1-17(22)6-9-20(12-16(17)21-7-2-3-8-21)11-13-10-14(18)4-5-15(13)19/h4-5,10,16,22H,2-3,6-9,11-12H2,1H3/t16-,17-/m1/s1. The molecule has 0 saturated carbocycles. The van der Waals surface area contributed by atoms with Crippen molar-refractivity contribution in [3.05, 3.63) is 35.4 Å². The van der Waals surface area contributed by atoms with Gasteiger partial charge in [-0.3, -0.25) is 9.80 Å². The minimum atomic E-state index is -0.707. The lowest BCUT2D eigenvalue weighted by atomic mass is 9.87. The molecule has 2 fully saturated rings. The average Bonchev–Trinajstić information content (AvgIpc) is 2.98. The summed E-state index contributed by atoms with van der Waals surface area (Å²) in [5.74, 6) is -0.770. The van der Waals surface area contributed by atoms with Crippen molar-refractivity contribution in [2.75, 3.05) is 26.2 Å². The molecule has 0 amide bonds. The predicted molar refractivity (Wildman–Crippen MR) is 81.5 cm³/mol. The Bertz CT molecular complexity index is 529. The van der Waals surface area contributed by atoms with Gasteiger partial charge in [0.15, 0.2) is 0 Å². The second kappa shape index (κ2) is 6.22. The van der Waals surface area contributed by atoms with Crippen molar-refractivity contribution in [3.63, 3.8) is 0 Å². The molecule has 0 aliphatic carbocycles. The zero-order chi connectivity index (χ0) is 15.7. The molecular formula is C17H24F2N2O. The largest absolute Gasteiger partial charge is 0.388 e. The van der Waals surface area contributed by atoms with Crippen LogP contribution < -0.4 is 0 Å². The Morgan fingerprint density at radius 2 is 1.95 bits per heavy atom. The maximum Gasteiger partial charge on any atom is 0.127 e. The number of likely N-dealkylation sites (tertiary alicyclic amines) is 2. The summed E-state index contributed by atoms with van der Waals surface area (Å²) in [6.07, 6.45) is 3.00. The summed E-state index contributed by atoms with van der Waals surface area (Å²) in [6.45, 7) is 5.72. The van der Waals surface area contributed by atoms with Crippen LogP contribution in [0.3, 0.4) is 0 Å². The molecule has 5 heteroatoms. The second-order valence-electron chi connectivity index (χ2n) is 6.84. The van der Waals surface area contributed by atoms with Crippen LogP contribution in [0.4, 0.5) is 8.78 Å². The fraction of sp³-hybridized carbons (Fsp3) is 0.647. The van der Waals surface area contributed by atoms with E-state index in [0.717, 1.165) is 19.2 Å². The minimum Gasteiger partial charge on any atom is -0.388 e. The van der Waals surface area contributed by atoms with Gasteiger partial charge in [0.05, 0.1) is 11.6 Å². The molecule has 1 aromatic carbocycles. The lowest BCUT2D eigenvalue weighted by Gasteiger charge is -2.46. The molecule has 2 aliphatic rings. The Morgan fingerprint density at radius 3 is 2.68 bits per heavy atom. The Morgan fingerprint density at radius 1 is 1.23 bits per heavy atom. The number of nitrogens with zero attached hydrogens (tertiary/aromatic N) is 2. The smallest absolute Gasteiger partial charge is 0.127 e. The van der Waals surface area contributed by atoms with E-state index in [0.29, 0.717) is 31.6 Å². The number of halogens is 2. The van der Waals surface area contributed by atoms with Crippen molar-refractivity contribution in [1.29, 1.82) is 0 Å². The first-order valence-corrected chi connectivity index (χ1v) is 8.08. The van der Waals surface area contributed by atoms with E-state index in [9.17, 15) is 13.9 Å². The van der Waals surface area contributed by atoms with Crippen LogP contribution in [0, 0.1) is 11.6 Å². The first-order chi connectivity index (χ1) is 10.5. The van der Waals surface area contributed by atoms with Gasteiger partial charge in [-0.2, -0.15) is 0 Å². The molecule has 2 saturated heterocycles. The zero-order valence-corrected chi connectivity index (χ0v) is 13.1. The van der Waals surface area contributed by atoms with Crippen LogP contribution in [0.25, 0.3) is 0 Å². The molecule has 2 heterocycles. The third-order valence-electron chi connectivity index (χ3n) is 5.07. The lowest BCUT2D eigenvalue weighted by Crippen LogP contribution is -2.60. The van der Waals surface area contributed by atoms with E-state index < -0.39 is 11.4 Å². The molecule has 1 aromatic rings. The highest BCUT2D eigenvalue weighted by atomic mass is 19.1. The molecule has 3 nitrogen and oxygen atoms in total. The van der Waals surface area contributed by atoms with Crippen molar-refractivity contribution < 1.29 is 13.9 Å². The molecule has 0 unspecified atom stereocenters. The van der Waals surface area contributed by atoms with Crippen LogP contribution in [-0.2, 0) is 6.54 Å². The summed E-state index contributed by atoms with van der Waals surface area (Å²) < 4.78 is 27.1. The summed E-state index contributed by atoms with van der Waals surface area (Å²) in [5.41, 5.74) is -0.317. The van der Waals surface area contributed by atoms with Crippen LogP contribution in [0.5, 0.6) is 0 Å². The van der Waals surface area contributed by atoms with Gasteiger partial charge in [-0.25, -0.2) is 8.78 Å². The fourth-order valence-corrected chi connectivity index (χ4v) is 3.69. The van der Waals surface area contributed by atoms with Gasteiger partial charge >= 0.3 is 0 Å². The van der Waals surface area contributed by atoms with E-state index in [1.165, 1.54) is 25.0 Å². The summed E-state index contributed by atoms with van der Waals surface area (Å²) in [7, 11) is 0. The number of hydrogen-bond acceptors (Lipinski definition) is 3. The van der Waals surface area contributed by atoms with Crippen molar-refractivity contribution in [3.8, 4) is 0 Å². The van der Waals surface area contributed by atoms with Gasteiger partial charge in [0.2, 0.25) is 0 Å². The Balaban J connectivity index is 1.71. The molecule has 2 aliphatic heterocycles. The highest BCUT2D eigenvalue weighted by Crippen LogP contribution is 2.29. The quantitative estimate of drug-likeness (QED) is 0.928. The Kier molecular flexibility index (Phi) is 4.48.